The second kappa shape index (κ2) is 3.95. The summed E-state index contributed by atoms with van der Waals surface area (Å²) < 4.78 is 38.4. The largest absolute Gasteiger partial charge is 0.454 e. The molecule has 0 amide bonds. The molecule has 0 aliphatic heterocycles. The molecule has 0 fully saturated rings. The van der Waals surface area contributed by atoms with E-state index in [1.165, 1.54) is 7.05 Å². The van der Waals surface area contributed by atoms with Crippen LogP contribution in [0.2, 0.25) is 0 Å². The first kappa shape index (κ1) is 9.93. The summed E-state index contributed by atoms with van der Waals surface area (Å²) in [5, 5.41) is 0. The molecular formula is C5H7F3N2O. The molecule has 0 aromatic rings. The lowest BCUT2D eigenvalue weighted by Crippen LogP contribution is -2.19. The highest BCUT2D eigenvalue weighted by Gasteiger charge is 2.28. The number of hydrogen-bond acceptors (Lipinski definition) is 2. The first-order valence-electron chi connectivity index (χ1n) is 2.62. The van der Waals surface area contributed by atoms with Crippen molar-refractivity contribution in [1.29, 1.82) is 0 Å². The van der Waals surface area contributed by atoms with Gasteiger partial charge in [0, 0.05) is 7.05 Å². The standard InChI is InChI=1S/C5H7F3N2O/c1-9-4(10-2)11-3-5(6,7)8/h1,3H2,2H3/b10-4+. The Morgan fingerprint density at radius 3 is 2.36 bits per heavy atom. The molecule has 0 heterocycles. The Morgan fingerprint density at radius 2 is 2.09 bits per heavy atom. The summed E-state index contributed by atoms with van der Waals surface area (Å²) >= 11 is 0. The number of rotatable bonds is 1. The fourth-order valence-electron chi connectivity index (χ4n) is 0.327. The van der Waals surface area contributed by atoms with E-state index in [1.54, 1.807) is 0 Å². The van der Waals surface area contributed by atoms with Gasteiger partial charge in [0.15, 0.2) is 6.61 Å². The molecule has 0 saturated heterocycles. The molecule has 64 valence electrons. The zero-order valence-corrected chi connectivity index (χ0v) is 5.85. The molecule has 0 N–H and O–H groups in total. The molecule has 0 rings (SSSR count). The van der Waals surface area contributed by atoms with Gasteiger partial charge in [0.2, 0.25) is 0 Å². The third-order valence-electron chi connectivity index (χ3n) is 0.691. The average Bonchev–Trinajstić information content (AvgIpc) is 1.88. The molecule has 6 heteroatoms. The van der Waals surface area contributed by atoms with Crippen molar-refractivity contribution in [3.8, 4) is 0 Å². The molecule has 0 atom stereocenters. The van der Waals surface area contributed by atoms with E-state index in [4.69, 9.17) is 0 Å². The molecular weight excluding hydrogens is 161 g/mol. The second-order valence-electron chi connectivity index (χ2n) is 1.57. The van der Waals surface area contributed by atoms with Crippen LogP contribution < -0.4 is 0 Å². The van der Waals surface area contributed by atoms with Crippen LogP contribution in [0.4, 0.5) is 13.2 Å². The van der Waals surface area contributed by atoms with Crippen molar-refractivity contribution >= 4 is 12.7 Å². The lowest BCUT2D eigenvalue weighted by Gasteiger charge is -2.06. The van der Waals surface area contributed by atoms with Crippen LogP contribution in [-0.4, -0.2) is 32.6 Å². The van der Waals surface area contributed by atoms with Gasteiger partial charge < -0.3 is 4.74 Å². The molecule has 0 spiro atoms. The maximum absolute atomic E-state index is 11.4. The first-order valence-corrected chi connectivity index (χ1v) is 2.62. The van der Waals surface area contributed by atoms with E-state index in [0.717, 1.165) is 0 Å². The molecule has 0 saturated carbocycles. The number of nitrogens with zero attached hydrogens (tertiary/aromatic N) is 2. The predicted molar refractivity (Wildman–Crippen MR) is 34.9 cm³/mol. The van der Waals surface area contributed by atoms with E-state index in [-0.39, 0.29) is 6.02 Å². The number of ether oxygens (including phenoxy) is 1. The topological polar surface area (TPSA) is 34.0 Å². The number of amidine groups is 1. The van der Waals surface area contributed by atoms with E-state index in [9.17, 15) is 13.2 Å². The van der Waals surface area contributed by atoms with Crippen molar-refractivity contribution in [2.75, 3.05) is 13.7 Å². The monoisotopic (exact) mass is 168 g/mol. The maximum atomic E-state index is 11.4. The van der Waals surface area contributed by atoms with E-state index < -0.39 is 12.8 Å². The normalized spacial score (nSPS) is 12.9. The second-order valence-corrected chi connectivity index (χ2v) is 1.57. The van der Waals surface area contributed by atoms with Gasteiger partial charge >= 0.3 is 12.2 Å². The van der Waals surface area contributed by atoms with Gasteiger partial charge in [-0.2, -0.15) is 13.2 Å². The smallest absolute Gasteiger partial charge is 0.422 e. The van der Waals surface area contributed by atoms with Gasteiger partial charge in [-0.15, -0.1) is 0 Å². The van der Waals surface area contributed by atoms with Crippen LogP contribution in [0.1, 0.15) is 0 Å². The van der Waals surface area contributed by atoms with Crippen LogP contribution >= 0.6 is 0 Å². The molecule has 3 nitrogen and oxygen atoms in total. The van der Waals surface area contributed by atoms with Crippen LogP contribution in [0.15, 0.2) is 9.98 Å². The Bertz CT molecular complexity index is 164. The zero-order chi connectivity index (χ0) is 8.91. The molecule has 0 aliphatic rings. The molecule has 0 aliphatic carbocycles. The van der Waals surface area contributed by atoms with Crippen molar-refractivity contribution in [2.45, 2.75) is 6.18 Å². The molecule has 0 bridgehead atoms. The maximum Gasteiger partial charge on any atom is 0.422 e. The number of aliphatic imine (C=N–C) groups is 2. The summed E-state index contributed by atoms with van der Waals surface area (Å²) in [7, 11) is 1.26. The van der Waals surface area contributed by atoms with Crippen molar-refractivity contribution in [2.24, 2.45) is 9.98 Å². The molecule has 0 radical (unpaired) electrons. The van der Waals surface area contributed by atoms with E-state index in [2.05, 4.69) is 21.4 Å². The predicted octanol–water partition coefficient (Wildman–Crippen LogP) is 1.25. The summed E-state index contributed by atoms with van der Waals surface area (Å²) in [6, 6.07) is -0.359. The number of halogens is 3. The fraction of sp³-hybridized carbons (Fsp3) is 0.600. The van der Waals surface area contributed by atoms with Crippen LogP contribution in [0.25, 0.3) is 0 Å². The van der Waals surface area contributed by atoms with Crippen molar-refractivity contribution < 1.29 is 17.9 Å². The van der Waals surface area contributed by atoms with Crippen LogP contribution in [0, 0.1) is 0 Å². The van der Waals surface area contributed by atoms with E-state index in [1.807, 2.05) is 0 Å². The van der Waals surface area contributed by atoms with Gasteiger partial charge in [-0.25, -0.2) is 9.98 Å². The van der Waals surface area contributed by atoms with Gasteiger partial charge in [0.1, 0.15) is 0 Å². The molecule has 0 aromatic heterocycles. The van der Waals surface area contributed by atoms with Crippen molar-refractivity contribution in [3.05, 3.63) is 0 Å². The van der Waals surface area contributed by atoms with Gasteiger partial charge in [-0.1, -0.05) is 0 Å². The Morgan fingerprint density at radius 1 is 1.55 bits per heavy atom. The molecule has 0 unspecified atom stereocenters. The van der Waals surface area contributed by atoms with E-state index >= 15 is 0 Å². The Kier molecular flexibility index (Phi) is 3.56. The Labute approximate surface area is 61.6 Å². The third-order valence-corrected chi connectivity index (χ3v) is 0.691. The molecule has 11 heavy (non-hydrogen) atoms. The highest BCUT2D eigenvalue weighted by molar-refractivity contribution is 5.78. The quantitative estimate of drug-likeness (QED) is 0.428. The van der Waals surface area contributed by atoms with Crippen LogP contribution in [0.3, 0.4) is 0 Å². The highest BCUT2D eigenvalue weighted by atomic mass is 19.4. The lowest BCUT2D eigenvalue weighted by atomic mass is 10.7. The van der Waals surface area contributed by atoms with Crippen LogP contribution in [-0.2, 0) is 4.74 Å². The first-order chi connectivity index (χ1) is 4.99. The number of hydrogen-bond donors (Lipinski definition) is 0. The SMILES string of the molecule is C=N/C(=N\C)OCC(F)(F)F. The van der Waals surface area contributed by atoms with Gasteiger partial charge in [0.05, 0.1) is 0 Å². The zero-order valence-electron chi connectivity index (χ0n) is 5.85. The van der Waals surface area contributed by atoms with Gasteiger partial charge in [0.25, 0.3) is 0 Å². The highest BCUT2D eigenvalue weighted by Crippen LogP contribution is 2.14. The summed E-state index contributed by atoms with van der Waals surface area (Å²) in [5.74, 6) is 0. The minimum atomic E-state index is -4.36. The minimum absolute atomic E-state index is 0.359. The van der Waals surface area contributed by atoms with Gasteiger partial charge in [-0.3, -0.25) is 0 Å². The van der Waals surface area contributed by atoms with Crippen molar-refractivity contribution in [3.63, 3.8) is 0 Å². The lowest BCUT2D eigenvalue weighted by molar-refractivity contribution is -0.156. The molecule has 0 aromatic carbocycles. The fourth-order valence-corrected chi connectivity index (χ4v) is 0.327. The Balaban J connectivity index is 3.79. The summed E-state index contributed by atoms with van der Waals surface area (Å²) in [5.41, 5.74) is 0. The van der Waals surface area contributed by atoms with Gasteiger partial charge in [-0.05, 0) is 6.72 Å². The third kappa shape index (κ3) is 5.38. The summed E-state index contributed by atoms with van der Waals surface area (Å²) in [4.78, 5) is 6.36. The van der Waals surface area contributed by atoms with E-state index in [0.29, 0.717) is 0 Å². The Hall–Kier alpha value is -1.07. The van der Waals surface area contributed by atoms with Crippen LogP contribution in [0.5, 0.6) is 0 Å². The van der Waals surface area contributed by atoms with Crippen molar-refractivity contribution in [1.82, 2.24) is 0 Å². The summed E-state index contributed by atoms with van der Waals surface area (Å²) in [6.45, 7) is 1.57. The number of alkyl halides is 3. The minimum Gasteiger partial charge on any atom is -0.454 e. The average molecular weight is 168 g/mol. The summed E-state index contributed by atoms with van der Waals surface area (Å²) in [6.07, 6.45) is -4.36.